The number of pyridine rings is 1. The van der Waals surface area contributed by atoms with Crippen LogP contribution in [0.25, 0.3) is 11.0 Å². The van der Waals surface area contributed by atoms with Crippen LogP contribution in [0.15, 0.2) is 18.3 Å². The van der Waals surface area contributed by atoms with Crippen molar-refractivity contribution in [2.45, 2.75) is 0 Å². The number of carboxylic acids is 1. The lowest BCUT2D eigenvalue weighted by atomic mass is 10.3. The first-order chi connectivity index (χ1) is 6.18. The van der Waals surface area contributed by atoms with Crippen LogP contribution in [0.4, 0.5) is 0 Å². The van der Waals surface area contributed by atoms with Gasteiger partial charge in [-0.3, -0.25) is 0 Å². The van der Waals surface area contributed by atoms with Crippen molar-refractivity contribution in [1.82, 2.24) is 9.97 Å². The number of aromatic amines is 1. The normalized spacial score (nSPS) is 10.5. The molecule has 13 heavy (non-hydrogen) atoms. The van der Waals surface area contributed by atoms with E-state index in [4.69, 9.17) is 16.7 Å². The minimum atomic E-state index is -1.01. The average molecular weight is 197 g/mol. The summed E-state index contributed by atoms with van der Waals surface area (Å²) in [6.07, 6.45) is 1.40. The van der Waals surface area contributed by atoms with Crippen LogP contribution in [0, 0.1) is 0 Å². The number of halogens is 1. The quantitative estimate of drug-likeness (QED) is 0.685. The molecule has 2 N–H and O–H groups in total. The van der Waals surface area contributed by atoms with E-state index in [1.807, 2.05) is 0 Å². The fourth-order valence-electron chi connectivity index (χ4n) is 1.14. The third-order valence-electron chi connectivity index (χ3n) is 1.72. The molecule has 5 heteroatoms. The third kappa shape index (κ3) is 1.25. The van der Waals surface area contributed by atoms with Crippen LogP contribution in [0.1, 0.15) is 10.4 Å². The predicted octanol–water partition coefficient (Wildman–Crippen LogP) is 1.91. The Bertz CT molecular complexity index is 478. The highest BCUT2D eigenvalue weighted by Gasteiger charge is 2.11. The summed E-state index contributed by atoms with van der Waals surface area (Å²) in [5, 5.41) is 9.05. The van der Waals surface area contributed by atoms with E-state index in [1.165, 1.54) is 6.20 Å². The summed E-state index contributed by atoms with van der Waals surface area (Å²) >= 11 is 5.63. The topological polar surface area (TPSA) is 66.0 Å². The summed E-state index contributed by atoms with van der Waals surface area (Å²) in [5.41, 5.74) is 1.19. The average Bonchev–Trinajstić information content (AvgIpc) is 2.46. The van der Waals surface area contributed by atoms with Crippen molar-refractivity contribution in [1.29, 1.82) is 0 Å². The number of nitrogens with zero attached hydrogens (tertiary/aromatic N) is 1. The molecule has 0 spiro atoms. The van der Waals surface area contributed by atoms with Crippen LogP contribution in [-0.4, -0.2) is 21.0 Å². The van der Waals surface area contributed by atoms with Crippen LogP contribution in [0.2, 0.25) is 5.15 Å². The molecule has 0 atom stereocenters. The molecule has 0 radical (unpaired) electrons. The molecule has 0 aliphatic rings. The molecule has 2 aromatic heterocycles. The van der Waals surface area contributed by atoms with Crippen molar-refractivity contribution < 1.29 is 9.90 Å². The molecule has 0 aliphatic carbocycles. The maximum atomic E-state index is 10.7. The lowest BCUT2D eigenvalue weighted by molar-refractivity contribution is 0.0699. The highest BCUT2D eigenvalue weighted by Crippen LogP contribution is 2.18. The van der Waals surface area contributed by atoms with E-state index in [0.717, 1.165) is 0 Å². The number of nitrogens with one attached hydrogen (secondary N) is 1. The molecule has 4 nitrogen and oxygen atoms in total. The predicted molar refractivity (Wildman–Crippen MR) is 48.1 cm³/mol. The van der Waals surface area contributed by atoms with Gasteiger partial charge in [-0.2, -0.15) is 0 Å². The first-order valence-electron chi connectivity index (χ1n) is 3.55. The minimum Gasteiger partial charge on any atom is -0.478 e. The smallest absolute Gasteiger partial charge is 0.339 e. The largest absolute Gasteiger partial charge is 0.478 e. The molecular formula is C8H5ClN2O2. The first-order valence-corrected chi connectivity index (χ1v) is 3.93. The Morgan fingerprint density at radius 3 is 3.00 bits per heavy atom. The SMILES string of the molecule is O=C(O)c1c[nH]c2ccc(Cl)nc12. The van der Waals surface area contributed by atoms with Gasteiger partial charge in [-0.1, -0.05) is 11.6 Å². The third-order valence-corrected chi connectivity index (χ3v) is 1.93. The van der Waals surface area contributed by atoms with Crippen LogP contribution in [0.5, 0.6) is 0 Å². The van der Waals surface area contributed by atoms with Crippen molar-refractivity contribution >= 4 is 28.6 Å². The van der Waals surface area contributed by atoms with Crippen molar-refractivity contribution in [3.63, 3.8) is 0 Å². The highest BCUT2D eigenvalue weighted by atomic mass is 35.5. The van der Waals surface area contributed by atoms with Gasteiger partial charge in [-0.25, -0.2) is 9.78 Å². The van der Waals surface area contributed by atoms with Gasteiger partial charge in [0.2, 0.25) is 0 Å². The minimum absolute atomic E-state index is 0.137. The van der Waals surface area contributed by atoms with E-state index in [2.05, 4.69) is 9.97 Å². The van der Waals surface area contributed by atoms with Gasteiger partial charge in [0.25, 0.3) is 0 Å². The number of H-pyrrole nitrogens is 1. The van der Waals surface area contributed by atoms with Crippen molar-refractivity contribution in [3.8, 4) is 0 Å². The summed E-state index contributed by atoms with van der Waals surface area (Å²) in [5.74, 6) is -1.01. The number of carbonyl (C=O) groups is 1. The second kappa shape index (κ2) is 2.74. The molecule has 0 bridgehead atoms. The zero-order chi connectivity index (χ0) is 9.42. The Balaban J connectivity index is 2.79. The standard InChI is InChI=1S/C8H5ClN2O2/c9-6-2-1-5-7(11-6)4(3-10-5)8(12)13/h1-3,10H,(H,12,13). The number of fused-ring (bicyclic) bond motifs is 1. The highest BCUT2D eigenvalue weighted by molar-refractivity contribution is 6.29. The molecule has 66 valence electrons. The summed E-state index contributed by atoms with van der Waals surface area (Å²) < 4.78 is 0. The van der Waals surface area contributed by atoms with E-state index in [1.54, 1.807) is 12.1 Å². The Kier molecular flexibility index (Phi) is 1.70. The van der Waals surface area contributed by atoms with Gasteiger partial charge in [0.1, 0.15) is 16.2 Å². The van der Waals surface area contributed by atoms with Gasteiger partial charge < -0.3 is 10.1 Å². The van der Waals surface area contributed by atoms with Crippen molar-refractivity contribution in [3.05, 3.63) is 29.0 Å². The number of aromatic nitrogens is 2. The lowest BCUT2D eigenvalue weighted by Gasteiger charge is -1.91. The number of hydrogen-bond donors (Lipinski definition) is 2. The zero-order valence-electron chi connectivity index (χ0n) is 6.41. The van der Waals surface area contributed by atoms with Gasteiger partial charge in [-0.05, 0) is 12.1 Å². The molecule has 2 heterocycles. The fourth-order valence-corrected chi connectivity index (χ4v) is 1.29. The summed E-state index contributed by atoms with van der Waals surface area (Å²) in [7, 11) is 0. The second-order valence-electron chi connectivity index (χ2n) is 2.54. The fraction of sp³-hybridized carbons (Fsp3) is 0. The molecular weight excluding hydrogens is 192 g/mol. The van der Waals surface area contributed by atoms with E-state index in [-0.39, 0.29) is 10.7 Å². The summed E-state index contributed by atoms with van der Waals surface area (Å²) in [6, 6.07) is 3.29. The molecule has 0 aromatic carbocycles. The molecule has 0 amide bonds. The Morgan fingerprint density at radius 2 is 2.31 bits per heavy atom. The van der Waals surface area contributed by atoms with Gasteiger partial charge in [0, 0.05) is 6.20 Å². The van der Waals surface area contributed by atoms with Crippen LogP contribution in [0.3, 0.4) is 0 Å². The molecule has 0 saturated heterocycles. The second-order valence-corrected chi connectivity index (χ2v) is 2.92. The number of aromatic carboxylic acids is 1. The van der Waals surface area contributed by atoms with E-state index in [9.17, 15) is 4.79 Å². The maximum absolute atomic E-state index is 10.7. The van der Waals surface area contributed by atoms with Gasteiger partial charge in [0.05, 0.1) is 5.52 Å². The van der Waals surface area contributed by atoms with Gasteiger partial charge in [0.15, 0.2) is 0 Å². The summed E-state index contributed by atoms with van der Waals surface area (Å²) in [6.45, 7) is 0. The molecule has 0 fully saturated rings. The first kappa shape index (κ1) is 8.07. The molecule has 0 aliphatic heterocycles. The molecule has 2 aromatic rings. The lowest BCUT2D eigenvalue weighted by Crippen LogP contribution is -1.94. The number of carboxylic acid groups (broad SMARTS) is 1. The molecule has 0 unspecified atom stereocenters. The van der Waals surface area contributed by atoms with E-state index in [0.29, 0.717) is 11.0 Å². The van der Waals surface area contributed by atoms with Crippen molar-refractivity contribution in [2.75, 3.05) is 0 Å². The number of rotatable bonds is 1. The molecule has 0 saturated carbocycles. The van der Waals surface area contributed by atoms with Crippen LogP contribution >= 0.6 is 11.6 Å². The van der Waals surface area contributed by atoms with Gasteiger partial charge in [-0.15, -0.1) is 0 Å². The monoisotopic (exact) mass is 196 g/mol. The Hall–Kier alpha value is -1.55. The van der Waals surface area contributed by atoms with E-state index >= 15 is 0 Å². The number of hydrogen-bond acceptors (Lipinski definition) is 2. The maximum Gasteiger partial charge on any atom is 0.339 e. The zero-order valence-corrected chi connectivity index (χ0v) is 7.17. The summed E-state index contributed by atoms with van der Waals surface area (Å²) in [4.78, 5) is 17.4. The molecule has 2 rings (SSSR count). The Morgan fingerprint density at radius 1 is 1.54 bits per heavy atom. The van der Waals surface area contributed by atoms with Crippen LogP contribution in [-0.2, 0) is 0 Å². The van der Waals surface area contributed by atoms with Crippen LogP contribution < -0.4 is 0 Å². The Labute approximate surface area is 78.2 Å². The van der Waals surface area contributed by atoms with E-state index < -0.39 is 5.97 Å². The van der Waals surface area contributed by atoms with Crippen molar-refractivity contribution in [2.24, 2.45) is 0 Å². The van der Waals surface area contributed by atoms with Gasteiger partial charge >= 0.3 is 5.97 Å².